The van der Waals surface area contributed by atoms with Gasteiger partial charge in [0.2, 0.25) is 11.8 Å². The van der Waals surface area contributed by atoms with Crippen molar-refractivity contribution < 1.29 is 9.90 Å². The van der Waals surface area contributed by atoms with Crippen LogP contribution >= 0.6 is 0 Å². The second-order valence-corrected chi connectivity index (χ2v) is 3.15. The number of hydrogen-bond acceptors (Lipinski definition) is 5. The molecule has 0 saturated carbocycles. The van der Waals surface area contributed by atoms with Gasteiger partial charge in [0.25, 0.3) is 5.91 Å². The molecular formula is C8H15N5O2. The van der Waals surface area contributed by atoms with Gasteiger partial charge in [0.05, 0.1) is 6.10 Å². The number of hydrogen-bond donors (Lipinski definition) is 4. The lowest BCUT2D eigenvalue weighted by Crippen LogP contribution is -2.27. The van der Waals surface area contributed by atoms with Gasteiger partial charge in [-0.25, -0.2) is 0 Å². The molecule has 1 heterocycles. The summed E-state index contributed by atoms with van der Waals surface area (Å²) in [6.45, 7) is 2.28. The van der Waals surface area contributed by atoms with E-state index in [2.05, 4.69) is 20.5 Å². The van der Waals surface area contributed by atoms with Gasteiger partial charge in [0, 0.05) is 6.54 Å². The molecule has 0 spiro atoms. The first-order valence-electron chi connectivity index (χ1n) is 4.77. The Morgan fingerprint density at radius 1 is 1.73 bits per heavy atom. The minimum Gasteiger partial charge on any atom is -0.393 e. The lowest BCUT2D eigenvalue weighted by Gasteiger charge is -2.07. The van der Waals surface area contributed by atoms with E-state index in [1.807, 2.05) is 6.92 Å². The first-order valence-corrected chi connectivity index (χ1v) is 4.77. The van der Waals surface area contributed by atoms with Crippen molar-refractivity contribution in [1.29, 1.82) is 0 Å². The smallest absolute Gasteiger partial charge is 0.288 e. The average molecular weight is 213 g/mol. The van der Waals surface area contributed by atoms with E-state index in [-0.39, 0.29) is 23.8 Å². The molecule has 15 heavy (non-hydrogen) atoms. The van der Waals surface area contributed by atoms with Gasteiger partial charge in [0.1, 0.15) is 0 Å². The number of nitrogen functional groups attached to an aromatic ring is 1. The summed E-state index contributed by atoms with van der Waals surface area (Å²) in [6.07, 6.45) is 0.807. The van der Waals surface area contributed by atoms with Crippen LogP contribution in [0.5, 0.6) is 0 Å². The van der Waals surface area contributed by atoms with Crippen LogP contribution < -0.4 is 11.1 Å². The molecule has 1 unspecified atom stereocenters. The second-order valence-electron chi connectivity index (χ2n) is 3.15. The number of aliphatic hydroxyl groups is 1. The van der Waals surface area contributed by atoms with Crippen LogP contribution in [0.2, 0.25) is 0 Å². The molecule has 5 N–H and O–H groups in total. The van der Waals surface area contributed by atoms with Crippen LogP contribution in [0.25, 0.3) is 0 Å². The Kier molecular flexibility index (Phi) is 4.04. The lowest BCUT2D eigenvalue weighted by molar-refractivity contribution is 0.0932. The molecule has 1 atom stereocenters. The van der Waals surface area contributed by atoms with E-state index < -0.39 is 0 Å². The van der Waals surface area contributed by atoms with Crippen LogP contribution in [-0.4, -0.2) is 38.8 Å². The lowest BCUT2D eigenvalue weighted by atomic mass is 10.2. The van der Waals surface area contributed by atoms with Gasteiger partial charge in [0.15, 0.2) is 0 Å². The third-order valence-corrected chi connectivity index (χ3v) is 1.95. The molecule has 84 valence electrons. The fraction of sp³-hybridized carbons (Fsp3) is 0.625. The van der Waals surface area contributed by atoms with Crippen LogP contribution in [0.15, 0.2) is 0 Å². The summed E-state index contributed by atoms with van der Waals surface area (Å²) < 4.78 is 0. The number of nitrogens with zero attached hydrogens (tertiary/aromatic N) is 2. The highest BCUT2D eigenvalue weighted by Gasteiger charge is 2.10. The normalized spacial score (nSPS) is 12.4. The first kappa shape index (κ1) is 11.4. The molecule has 0 saturated heterocycles. The maximum Gasteiger partial charge on any atom is 0.288 e. The van der Waals surface area contributed by atoms with Crippen molar-refractivity contribution in [3.8, 4) is 0 Å². The number of aliphatic hydroxyl groups excluding tert-OH is 1. The van der Waals surface area contributed by atoms with Crippen LogP contribution in [-0.2, 0) is 0 Å². The van der Waals surface area contributed by atoms with Gasteiger partial charge in [-0.05, 0) is 12.8 Å². The van der Waals surface area contributed by atoms with Gasteiger partial charge in [-0.15, -0.1) is 5.10 Å². The molecule has 7 nitrogen and oxygen atoms in total. The Morgan fingerprint density at radius 3 is 3.00 bits per heavy atom. The fourth-order valence-electron chi connectivity index (χ4n) is 1.02. The predicted molar refractivity (Wildman–Crippen MR) is 54.0 cm³/mol. The maximum atomic E-state index is 11.3. The minimum absolute atomic E-state index is 0.0359. The van der Waals surface area contributed by atoms with E-state index in [0.29, 0.717) is 19.4 Å². The topological polar surface area (TPSA) is 117 Å². The Labute approximate surface area is 87.1 Å². The molecule has 0 fully saturated rings. The number of aromatic nitrogens is 3. The molecule has 0 aliphatic carbocycles. The van der Waals surface area contributed by atoms with E-state index in [9.17, 15) is 9.90 Å². The van der Waals surface area contributed by atoms with Crippen molar-refractivity contribution in [2.24, 2.45) is 0 Å². The summed E-state index contributed by atoms with van der Waals surface area (Å²) in [5, 5.41) is 17.8. The number of rotatable bonds is 5. The van der Waals surface area contributed by atoms with E-state index in [1.54, 1.807) is 0 Å². The van der Waals surface area contributed by atoms with Crippen molar-refractivity contribution in [2.45, 2.75) is 25.9 Å². The molecule has 1 aromatic heterocycles. The summed E-state index contributed by atoms with van der Waals surface area (Å²) >= 11 is 0. The summed E-state index contributed by atoms with van der Waals surface area (Å²) in [7, 11) is 0. The maximum absolute atomic E-state index is 11.3. The monoisotopic (exact) mass is 213 g/mol. The number of carbonyl (C=O) groups is 1. The highest BCUT2D eigenvalue weighted by atomic mass is 16.3. The van der Waals surface area contributed by atoms with Crippen molar-refractivity contribution >= 4 is 11.9 Å². The molecule has 0 bridgehead atoms. The number of H-pyrrole nitrogens is 1. The number of nitrogens with two attached hydrogens (primary N) is 1. The van der Waals surface area contributed by atoms with Crippen LogP contribution in [0.4, 0.5) is 5.95 Å². The molecule has 0 aliphatic heterocycles. The van der Waals surface area contributed by atoms with Gasteiger partial charge < -0.3 is 16.2 Å². The number of aromatic amines is 1. The van der Waals surface area contributed by atoms with E-state index in [0.717, 1.165) is 0 Å². The van der Waals surface area contributed by atoms with Gasteiger partial charge >= 0.3 is 0 Å². The summed E-state index contributed by atoms with van der Waals surface area (Å²) in [5.74, 6) is -0.255. The molecule has 7 heteroatoms. The molecule has 0 aromatic carbocycles. The highest BCUT2D eigenvalue weighted by molar-refractivity contribution is 5.90. The Morgan fingerprint density at radius 2 is 2.47 bits per heavy atom. The summed E-state index contributed by atoms with van der Waals surface area (Å²) in [5.41, 5.74) is 5.24. The number of carbonyl (C=O) groups excluding carboxylic acids is 1. The van der Waals surface area contributed by atoms with Gasteiger partial charge in [-0.2, -0.15) is 4.98 Å². The van der Waals surface area contributed by atoms with Crippen LogP contribution in [0, 0.1) is 0 Å². The van der Waals surface area contributed by atoms with E-state index in [4.69, 9.17) is 5.73 Å². The molecule has 0 radical (unpaired) electrons. The molecule has 0 aliphatic rings. The van der Waals surface area contributed by atoms with Crippen molar-refractivity contribution in [3.05, 3.63) is 5.82 Å². The quantitative estimate of drug-likeness (QED) is 0.515. The number of nitrogens with one attached hydrogen (secondary N) is 2. The van der Waals surface area contributed by atoms with E-state index >= 15 is 0 Å². The average Bonchev–Trinajstić information content (AvgIpc) is 2.64. The summed E-state index contributed by atoms with van der Waals surface area (Å²) in [4.78, 5) is 15.0. The minimum atomic E-state index is -0.384. The Hall–Kier alpha value is -1.63. The molecule has 1 amide bonds. The summed E-state index contributed by atoms with van der Waals surface area (Å²) in [6, 6.07) is 0. The van der Waals surface area contributed by atoms with Gasteiger partial charge in [-0.1, -0.05) is 6.92 Å². The predicted octanol–water partition coefficient (Wildman–Crippen LogP) is -0.722. The SMILES string of the molecule is CCC(O)CCNC(=O)c1nc(N)n[nH]1. The van der Waals surface area contributed by atoms with Crippen LogP contribution in [0.3, 0.4) is 0 Å². The highest BCUT2D eigenvalue weighted by Crippen LogP contribution is 1.96. The molecule has 1 rings (SSSR count). The first-order chi connectivity index (χ1) is 7.13. The largest absolute Gasteiger partial charge is 0.393 e. The zero-order valence-corrected chi connectivity index (χ0v) is 8.53. The molecular weight excluding hydrogens is 198 g/mol. The standard InChI is InChI=1S/C8H15N5O2/c1-2-5(14)3-4-10-7(15)6-11-8(9)13-12-6/h5,14H,2-4H2,1H3,(H,10,15)(H3,9,11,12,13). The second kappa shape index (κ2) is 5.30. The van der Waals surface area contributed by atoms with E-state index in [1.165, 1.54) is 0 Å². The van der Waals surface area contributed by atoms with Crippen LogP contribution in [0.1, 0.15) is 30.4 Å². The van der Waals surface area contributed by atoms with Gasteiger partial charge in [-0.3, -0.25) is 9.89 Å². The Balaban J connectivity index is 2.31. The van der Waals surface area contributed by atoms with Crippen molar-refractivity contribution in [3.63, 3.8) is 0 Å². The Bertz CT molecular complexity index is 325. The third-order valence-electron chi connectivity index (χ3n) is 1.95. The number of amides is 1. The zero-order chi connectivity index (χ0) is 11.3. The molecule has 1 aromatic rings. The third kappa shape index (κ3) is 3.55. The number of anilines is 1. The van der Waals surface area contributed by atoms with Crippen molar-refractivity contribution in [1.82, 2.24) is 20.5 Å². The fourth-order valence-corrected chi connectivity index (χ4v) is 1.02. The van der Waals surface area contributed by atoms with Crippen molar-refractivity contribution in [2.75, 3.05) is 12.3 Å². The zero-order valence-electron chi connectivity index (χ0n) is 8.53.